The van der Waals surface area contributed by atoms with E-state index in [2.05, 4.69) is 10.6 Å². The average molecular weight is 390 g/mol. The van der Waals surface area contributed by atoms with E-state index < -0.39 is 11.7 Å². The van der Waals surface area contributed by atoms with Crippen LogP contribution < -0.4 is 16.4 Å². The van der Waals surface area contributed by atoms with Gasteiger partial charge in [-0.2, -0.15) is 0 Å². The van der Waals surface area contributed by atoms with Gasteiger partial charge in [0.05, 0.1) is 0 Å². The zero-order valence-electron chi connectivity index (χ0n) is 16.8. The van der Waals surface area contributed by atoms with E-state index in [1.165, 1.54) is 0 Å². The molecule has 8 heteroatoms. The van der Waals surface area contributed by atoms with Gasteiger partial charge < -0.3 is 26.0 Å². The lowest BCUT2D eigenvalue weighted by Crippen LogP contribution is -2.47. The monoisotopic (exact) mass is 390 g/mol. The Hall–Kier alpha value is -2.77. The third kappa shape index (κ3) is 7.09. The second-order valence-corrected chi connectivity index (χ2v) is 7.93. The van der Waals surface area contributed by atoms with Crippen molar-refractivity contribution in [2.45, 2.75) is 51.7 Å². The first kappa shape index (κ1) is 21.5. The Balaban J connectivity index is 1.68. The number of benzene rings is 1. The molecule has 0 spiro atoms. The van der Waals surface area contributed by atoms with Crippen LogP contribution in [0.3, 0.4) is 0 Å². The number of amides is 3. The number of nitrogens with two attached hydrogens (primary N) is 1. The molecule has 1 heterocycles. The van der Waals surface area contributed by atoms with Crippen LogP contribution in [0.4, 0.5) is 10.5 Å². The number of anilines is 1. The van der Waals surface area contributed by atoms with Crippen molar-refractivity contribution < 1.29 is 19.1 Å². The Morgan fingerprint density at radius 2 is 1.75 bits per heavy atom. The molecule has 1 aliphatic rings. The fourth-order valence-electron chi connectivity index (χ4n) is 2.92. The molecule has 28 heavy (non-hydrogen) atoms. The maximum atomic E-state index is 12.3. The number of nitrogens with one attached hydrogen (secondary N) is 2. The van der Waals surface area contributed by atoms with E-state index in [0.29, 0.717) is 37.2 Å². The van der Waals surface area contributed by atoms with Crippen molar-refractivity contribution in [1.82, 2.24) is 15.5 Å². The third-order valence-electron chi connectivity index (χ3n) is 4.36. The lowest BCUT2D eigenvalue weighted by molar-refractivity contribution is -0.132. The number of carbonyl (C=O) groups is 3. The zero-order chi connectivity index (χ0) is 20.7. The van der Waals surface area contributed by atoms with Crippen LogP contribution in [0.1, 0.15) is 50.4 Å². The molecule has 2 rings (SSSR count). The Morgan fingerprint density at radius 1 is 1.14 bits per heavy atom. The Morgan fingerprint density at radius 3 is 2.32 bits per heavy atom. The van der Waals surface area contributed by atoms with Gasteiger partial charge in [-0.05, 0) is 57.9 Å². The quantitative estimate of drug-likeness (QED) is 0.665. The number of hydrogen-bond acceptors (Lipinski definition) is 5. The van der Waals surface area contributed by atoms with E-state index in [1.54, 1.807) is 49.9 Å². The minimum Gasteiger partial charge on any atom is -0.444 e. The molecule has 0 aliphatic carbocycles. The molecule has 3 amide bonds. The number of alkyl carbamates (subject to hydrolysis) is 1. The normalized spacial score (nSPS) is 15.0. The second kappa shape index (κ2) is 9.43. The van der Waals surface area contributed by atoms with Gasteiger partial charge in [-0.25, -0.2) is 4.79 Å². The van der Waals surface area contributed by atoms with E-state index in [0.717, 1.165) is 0 Å². The SMILES string of the molecule is CC(C)(C)OC(=O)NCCC(=O)N1CCC(NC(=O)c2ccc(N)cc2)CC1. The number of ether oxygens (including phenoxy) is 1. The van der Waals surface area contributed by atoms with Crippen molar-refractivity contribution in [3.63, 3.8) is 0 Å². The van der Waals surface area contributed by atoms with Gasteiger partial charge in [0, 0.05) is 43.3 Å². The maximum Gasteiger partial charge on any atom is 0.407 e. The lowest BCUT2D eigenvalue weighted by Gasteiger charge is -2.32. The van der Waals surface area contributed by atoms with Crippen LogP contribution in [0.25, 0.3) is 0 Å². The van der Waals surface area contributed by atoms with Gasteiger partial charge in [0.1, 0.15) is 5.60 Å². The summed E-state index contributed by atoms with van der Waals surface area (Å²) in [6, 6.07) is 6.82. The van der Waals surface area contributed by atoms with Crippen LogP contribution >= 0.6 is 0 Å². The van der Waals surface area contributed by atoms with Crippen molar-refractivity contribution in [2.75, 3.05) is 25.4 Å². The lowest BCUT2D eigenvalue weighted by atomic mass is 10.0. The predicted octanol–water partition coefficient (Wildman–Crippen LogP) is 1.90. The Labute approximate surface area is 165 Å². The van der Waals surface area contributed by atoms with E-state index >= 15 is 0 Å². The van der Waals surface area contributed by atoms with Gasteiger partial charge in [0.15, 0.2) is 0 Å². The maximum absolute atomic E-state index is 12.3. The summed E-state index contributed by atoms with van der Waals surface area (Å²) < 4.78 is 5.14. The predicted molar refractivity (Wildman–Crippen MR) is 107 cm³/mol. The number of piperidine rings is 1. The van der Waals surface area contributed by atoms with Crippen LogP contribution in [0, 0.1) is 0 Å². The summed E-state index contributed by atoms with van der Waals surface area (Å²) in [6.45, 7) is 6.76. The molecule has 1 aromatic rings. The molecule has 1 aromatic carbocycles. The van der Waals surface area contributed by atoms with Crippen molar-refractivity contribution in [3.05, 3.63) is 29.8 Å². The molecule has 1 fully saturated rings. The first-order valence-electron chi connectivity index (χ1n) is 9.55. The van der Waals surface area contributed by atoms with E-state index in [1.807, 2.05) is 0 Å². The van der Waals surface area contributed by atoms with Gasteiger partial charge in [0.25, 0.3) is 5.91 Å². The van der Waals surface area contributed by atoms with E-state index in [4.69, 9.17) is 10.5 Å². The van der Waals surface area contributed by atoms with Crippen molar-refractivity contribution >= 4 is 23.6 Å². The molecule has 0 bridgehead atoms. The molecule has 0 unspecified atom stereocenters. The highest BCUT2D eigenvalue weighted by atomic mass is 16.6. The number of rotatable bonds is 5. The van der Waals surface area contributed by atoms with Crippen molar-refractivity contribution in [3.8, 4) is 0 Å². The summed E-state index contributed by atoms with van der Waals surface area (Å²) in [4.78, 5) is 37.9. The fourth-order valence-corrected chi connectivity index (χ4v) is 2.92. The minimum absolute atomic E-state index is 0.0145. The highest BCUT2D eigenvalue weighted by Gasteiger charge is 2.24. The summed E-state index contributed by atoms with van der Waals surface area (Å²) in [6.07, 6.45) is 1.10. The van der Waals surface area contributed by atoms with Crippen LogP contribution in [0.2, 0.25) is 0 Å². The van der Waals surface area contributed by atoms with Crippen LogP contribution in [0.15, 0.2) is 24.3 Å². The first-order chi connectivity index (χ1) is 13.1. The molecule has 154 valence electrons. The Kier molecular flexibility index (Phi) is 7.25. The van der Waals surface area contributed by atoms with Crippen LogP contribution in [-0.2, 0) is 9.53 Å². The van der Waals surface area contributed by atoms with E-state index in [9.17, 15) is 14.4 Å². The molecule has 0 saturated carbocycles. The number of likely N-dealkylation sites (tertiary alicyclic amines) is 1. The molecule has 0 aromatic heterocycles. The van der Waals surface area contributed by atoms with Crippen molar-refractivity contribution in [2.24, 2.45) is 0 Å². The van der Waals surface area contributed by atoms with E-state index in [-0.39, 0.29) is 30.8 Å². The van der Waals surface area contributed by atoms with Gasteiger partial charge in [0.2, 0.25) is 5.91 Å². The summed E-state index contributed by atoms with van der Waals surface area (Å²) in [7, 11) is 0. The summed E-state index contributed by atoms with van der Waals surface area (Å²) in [5.41, 5.74) is 6.26. The smallest absolute Gasteiger partial charge is 0.407 e. The minimum atomic E-state index is -0.563. The van der Waals surface area contributed by atoms with Crippen LogP contribution in [0.5, 0.6) is 0 Å². The van der Waals surface area contributed by atoms with Gasteiger partial charge in [-0.3, -0.25) is 9.59 Å². The molecule has 4 N–H and O–H groups in total. The number of hydrogen-bond donors (Lipinski definition) is 3. The number of nitrogen functional groups attached to an aromatic ring is 1. The molecular formula is C20H30N4O4. The third-order valence-corrected chi connectivity index (χ3v) is 4.36. The second-order valence-electron chi connectivity index (χ2n) is 7.93. The van der Waals surface area contributed by atoms with Gasteiger partial charge >= 0.3 is 6.09 Å². The number of carbonyl (C=O) groups excluding carboxylic acids is 3. The van der Waals surface area contributed by atoms with Gasteiger partial charge in [-0.1, -0.05) is 0 Å². The largest absolute Gasteiger partial charge is 0.444 e. The highest BCUT2D eigenvalue weighted by molar-refractivity contribution is 5.94. The number of nitrogens with zero attached hydrogens (tertiary/aromatic N) is 1. The molecule has 8 nitrogen and oxygen atoms in total. The fraction of sp³-hybridized carbons (Fsp3) is 0.550. The standard InChI is InChI=1S/C20H30N4O4/c1-20(2,3)28-19(27)22-11-8-17(25)24-12-9-16(10-13-24)23-18(26)14-4-6-15(21)7-5-14/h4-7,16H,8-13,21H2,1-3H3,(H,22,27)(H,23,26). The summed E-state index contributed by atoms with van der Waals surface area (Å²) in [5.74, 6) is -0.147. The molecule has 1 aliphatic heterocycles. The summed E-state index contributed by atoms with van der Waals surface area (Å²) >= 11 is 0. The van der Waals surface area contributed by atoms with Crippen LogP contribution in [-0.4, -0.2) is 54.1 Å². The molecule has 1 saturated heterocycles. The average Bonchev–Trinajstić information content (AvgIpc) is 2.61. The molecule has 0 atom stereocenters. The van der Waals surface area contributed by atoms with Gasteiger partial charge in [-0.15, -0.1) is 0 Å². The Bertz CT molecular complexity index is 689. The summed E-state index contributed by atoms with van der Waals surface area (Å²) in [5, 5.41) is 5.59. The first-order valence-corrected chi connectivity index (χ1v) is 9.55. The van der Waals surface area contributed by atoms with Crippen molar-refractivity contribution in [1.29, 1.82) is 0 Å². The zero-order valence-corrected chi connectivity index (χ0v) is 16.8. The topological polar surface area (TPSA) is 114 Å². The highest BCUT2D eigenvalue weighted by Crippen LogP contribution is 2.13. The molecular weight excluding hydrogens is 360 g/mol. The molecule has 0 radical (unpaired) electrons.